The molecule has 0 saturated heterocycles. The van der Waals surface area contributed by atoms with Gasteiger partial charge in [0, 0.05) is 6.54 Å². The lowest BCUT2D eigenvalue weighted by molar-refractivity contribution is 0.0431. The summed E-state index contributed by atoms with van der Waals surface area (Å²) in [6.07, 6.45) is -2.75. The van der Waals surface area contributed by atoms with E-state index in [-0.39, 0.29) is 12.2 Å². The molecule has 0 aliphatic rings. The highest BCUT2D eigenvalue weighted by atomic mass is 16.6. The predicted molar refractivity (Wildman–Crippen MR) is 103 cm³/mol. The van der Waals surface area contributed by atoms with Crippen molar-refractivity contribution in [3.63, 3.8) is 0 Å². The Bertz CT molecular complexity index is 620. The fourth-order valence-electron chi connectivity index (χ4n) is 2.00. The Balaban J connectivity index is 3.26. The van der Waals surface area contributed by atoms with Gasteiger partial charge in [0.2, 0.25) is 0 Å². The number of benzene rings is 1. The first-order valence-corrected chi connectivity index (χ1v) is 8.72. The molecule has 0 aliphatic carbocycles. The minimum absolute atomic E-state index is 0.0317. The number of rotatable bonds is 5. The van der Waals surface area contributed by atoms with Gasteiger partial charge < -0.3 is 25.0 Å². The number of aliphatic hydroxyl groups excluding tert-OH is 2. The van der Waals surface area contributed by atoms with E-state index in [4.69, 9.17) is 14.6 Å². The molecule has 2 amide bonds. The highest BCUT2D eigenvalue weighted by Crippen LogP contribution is 2.29. The second kappa shape index (κ2) is 9.05. The number of nitrogens with zero attached hydrogens (tertiary/aromatic N) is 1. The second-order valence-corrected chi connectivity index (χ2v) is 8.03. The molecule has 3 N–H and O–H groups in total. The Kier molecular flexibility index (Phi) is 7.62. The Morgan fingerprint density at radius 1 is 1.04 bits per heavy atom. The monoisotopic (exact) mass is 382 g/mol. The van der Waals surface area contributed by atoms with Gasteiger partial charge in [-0.1, -0.05) is 12.1 Å². The Hall–Kier alpha value is -2.32. The molecule has 0 fully saturated rings. The van der Waals surface area contributed by atoms with E-state index in [0.717, 1.165) is 4.90 Å². The summed E-state index contributed by atoms with van der Waals surface area (Å²) in [5, 5.41) is 21.5. The summed E-state index contributed by atoms with van der Waals surface area (Å²) >= 11 is 0. The van der Waals surface area contributed by atoms with E-state index >= 15 is 0 Å². The van der Waals surface area contributed by atoms with Crippen LogP contribution in [-0.4, -0.2) is 52.9 Å². The zero-order chi connectivity index (χ0) is 20.8. The van der Waals surface area contributed by atoms with Gasteiger partial charge >= 0.3 is 12.2 Å². The van der Waals surface area contributed by atoms with Crippen LogP contribution in [0.3, 0.4) is 0 Å². The first-order valence-electron chi connectivity index (χ1n) is 8.72. The first-order chi connectivity index (χ1) is 12.3. The van der Waals surface area contributed by atoms with Crippen LogP contribution < -0.4 is 10.2 Å². The number of hydrogen-bond donors (Lipinski definition) is 3. The van der Waals surface area contributed by atoms with E-state index in [2.05, 4.69) is 5.32 Å². The van der Waals surface area contributed by atoms with E-state index in [0.29, 0.717) is 5.69 Å². The zero-order valence-corrected chi connectivity index (χ0v) is 16.8. The van der Waals surface area contributed by atoms with E-state index < -0.39 is 36.1 Å². The summed E-state index contributed by atoms with van der Waals surface area (Å²) in [6.45, 7) is 9.78. The number of nitrogens with one attached hydrogen (secondary N) is 1. The van der Waals surface area contributed by atoms with Crippen LogP contribution in [0, 0.1) is 0 Å². The highest BCUT2D eigenvalue weighted by molar-refractivity contribution is 6.11. The Morgan fingerprint density at radius 3 is 1.96 bits per heavy atom. The number of aliphatic hydroxyl groups is 2. The maximum atomic E-state index is 12.7. The molecule has 0 spiro atoms. The lowest BCUT2D eigenvalue weighted by Crippen LogP contribution is -2.44. The van der Waals surface area contributed by atoms with Gasteiger partial charge in [0.25, 0.3) is 0 Å². The summed E-state index contributed by atoms with van der Waals surface area (Å²) in [5.41, 5.74) is -1.01. The molecular formula is C19H30N2O6. The second-order valence-electron chi connectivity index (χ2n) is 8.03. The number of hydrogen-bond acceptors (Lipinski definition) is 7. The molecule has 0 bridgehead atoms. The van der Waals surface area contributed by atoms with Crippen LogP contribution in [0.15, 0.2) is 24.3 Å². The smallest absolute Gasteiger partial charge is 0.424 e. The molecular weight excluding hydrogens is 352 g/mol. The normalized spacial score (nSPS) is 12.9. The van der Waals surface area contributed by atoms with Crippen molar-refractivity contribution in [1.82, 2.24) is 0 Å². The largest absolute Gasteiger partial charge is 0.443 e. The molecule has 0 aliphatic heterocycles. The molecule has 1 aromatic carbocycles. The molecule has 0 saturated carbocycles. The molecule has 1 unspecified atom stereocenters. The maximum absolute atomic E-state index is 12.7. The number of amides is 2. The summed E-state index contributed by atoms with van der Waals surface area (Å²) in [7, 11) is 0. The number of carbonyl (C=O) groups excluding carboxylic acids is 2. The van der Waals surface area contributed by atoms with Gasteiger partial charge in [0.05, 0.1) is 24.1 Å². The summed E-state index contributed by atoms with van der Waals surface area (Å²) < 4.78 is 10.7. The maximum Gasteiger partial charge on any atom is 0.424 e. The molecule has 8 nitrogen and oxygen atoms in total. The third-order valence-electron chi connectivity index (χ3n) is 3.04. The summed E-state index contributed by atoms with van der Waals surface area (Å²) in [4.78, 5) is 26.2. The van der Waals surface area contributed by atoms with Crippen LogP contribution in [0.1, 0.15) is 41.5 Å². The topological polar surface area (TPSA) is 108 Å². The van der Waals surface area contributed by atoms with Crippen molar-refractivity contribution in [3.8, 4) is 0 Å². The number of ether oxygens (including phenoxy) is 2. The molecule has 27 heavy (non-hydrogen) atoms. The number of imide groups is 1. The van der Waals surface area contributed by atoms with Crippen molar-refractivity contribution in [1.29, 1.82) is 0 Å². The van der Waals surface area contributed by atoms with E-state index in [1.807, 2.05) is 0 Å². The van der Waals surface area contributed by atoms with Crippen LogP contribution >= 0.6 is 0 Å². The van der Waals surface area contributed by atoms with Crippen LogP contribution in [0.2, 0.25) is 0 Å². The predicted octanol–water partition coefficient (Wildman–Crippen LogP) is 3.13. The summed E-state index contributed by atoms with van der Waals surface area (Å²) in [5.74, 6) is 0. The molecule has 8 heteroatoms. The van der Waals surface area contributed by atoms with Crippen molar-refractivity contribution in [3.05, 3.63) is 24.3 Å². The van der Waals surface area contributed by atoms with Crippen molar-refractivity contribution < 1.29 is 29.3 Å². The van der Waals surface area contributed by atoms with E-state index in [1.54, 1.807) is 65.8 Å². The molecule has 1 rings (SSSR count). The van der Waals surface area contributed by atoms with Gasteiger partial charge in [0.15, 0.2) is 0 Å². The molecule has 0 heterocycles. The average molecular weight is 382 g/mol. The van der Waals surface area contributed by atoms with Gasteiger partial charge in [-0.25, -0.2) is 9.59 Å². The minimum atomic E-state index is -0.991. The van der Waals surface area contributed by atoms with Crippen LogP contribution in [0.4, 0.5) is 21.0 Å². The fourth-order valence-corrected chi connectivity index (χ4v) is 2.00. The number of para-hydroxylation sites is 2. The lowest BCUT2D eigenvalue weighted by Gasteiger charge is -2.29. The van der Waals surface area contributed by atoms with E-state index in [9.17, 15) is 14.7 Å². The third kappa shape index (κ3) is 7.84. The molecule has 152 valence electrons. The zero-order valence-electron chi connectivity index (χ0n) is 16.8. The van der Waals surface area contributed by atoms with Gasteiger partial charge in [0.1, 0.15) is 11.2 Å². The number of carbonyl (C=O) groups is 2. The lowest BCUT2D eigenvalue weighted by atomic mass is 10.2. The van der Waals surface area contributed by atoms with Crippen LogP contribution in [0.25, 0.3) is 0 Å². The van der Waals surface area contributed by atoms with Crippen LogP contribution in [0.5, 0.6) is 0 Å². The SMILES string of the molecule is CC(C)(C)OC(=O)N(C(=O)OC(C)(C)C)c1ccccc1NCC(O)CO. The Labute approximate surface area is 160 Å². The minimum Gasteiger partial charge on any atom is -0.443 e. The third-order valence-corrected chi connectivity index (χ3v) is 3.04. The highest BCUT2D eigenvalue weighted by Gasteiger charge is 2.33. The summed E-state index contributed by atoms with van der Waals surface area (Å²) in [6, 6.07) is 6.56. The standard InChI is InChI=1S/C19H30N2O6/c1-18(2,3)26-16(24)21(17(25)27-19(4,5)6)15-10-8-7-9-14(15)20-11-13(23)12-22/h7-10,13,20,22-23H,11-12H2,1-6H3. The van der Waals surface area contributed by atoms with E-state index in [1.165, 1.54) is 0 Å². The van der Waals surface area contributed by atoms with Crippen molar-refractivity contribution in [2.75, 3.05) is 23.4 Å². The molecule has 1 atom stereocenters. The molecule has 0 aromatic heterocycles. The number of anilines is 2. The average Bonchev–Trinajstić information content (AvgIpc) is 2.50. The van der Waals surface area contributed by atoms with Crippen LogP contribution in [-0.2, 0) is 9.47 Å². The fraction of sp³-hybridized carbons (Fsp3) is 0.579. The van der Waals surface area contributed by atoms with Crippen molar-refractivity contribution >= 4 is 23.6 Å². The quantitative estimate of drug-likeness (QED) is 0.718. The first kappa shape index (κ1) is 22.7. The van der Waals surface area contributed by atoms with Crippen molar-refractivity contribution in [2.45, 2.75) is 58.8 Å². The van der Waals surface area contributed by atoms with Gasteiger partial charge in [-0.2, -0.15) is 4.90 Å². The van der Waals surface area contributed by atoms with Gasteiger partial charge in [-0.3, -0.25) is 0 Å². The molecule has 1 aromatic rings. The van der Waals surface area contributed by atoms with Gasteiger partial charge in [-0.15, -0.1) is 0 Å². The van der Waals surface area contributed by atoms with Gasteiger partial charge in [-0.05, 0) is 53.7 Å². The Morgan fingerprint density at radius 2 is 1.52 bits per heavy atom. The van der Waals surface area contributed by atoms with Crippen molar-refractivity contribution in [2.24, 2.45) is 0 Å². The molecule has 0 radical (unpaired) electrons.